The number of fused-ring (bicyclic) bond motifs is 1. The fourth-order valence-corrected chi connectivity index (χ4v) is 5.13. The van der Waals surface area contributed by atoms with E-state index in [4.69, 9.17) is 0 Å². The van der Waals surface area contributed by atoms with E-state index >= 15 is 0 Å². The van der Waals surface area contributed by atoms with E-state index < -0.39 is 9.84 Å². The highest BCUT2D eigenvalue weighted by molar-refractivity contribution is 7.96. The van der Waals surface area contributed by atoms with E-state index in [-0.39, 0.29) is 26.4 Å². The van der Waals surface area contributed by atoms with Crippen molar-refractivity contribution >= 4 is 26.7 Å². The number of sulfone groups is 1. The normalized spacial score (nSPS) is 13.2. The van der Waals surface area contributed by atoms with Crippen LogP contribution >= 0.6 is 0 Å². The first kappa shape index (κ1) is 23.6. The quantitative estimate of drug-likeness (QED) is 0.466. The summed E-state index contributed by atoms with van der Waals surface area (Å²) in [6.07, 6.45) is 1.40. The first-order chi connectivity index (χ1) is 14.8. The maximum Gasteiger partial charge on any atom is 0.217 e. The smallest absolute Gasteiger partial charge is 0.217 e. The largest absolute Gasteiger partial charge is 0.507 e. The van der Waals surface area contributed by atoms with Gasteiger partial charge in [0.2, 0.25) is 9.84 Å². The van der Waals surface area contributed by atoms with Crippen molar-refractivity contribution < 1.29 is 13.5 Å². The van der Waals surface area contributed by atoms with Gasteiger partial charge in [-0.15, -0.1) is 0 Å². The molecule has 5 heteroatoms. The van der Waals surface area contributed by atoms with Crippen LogP contribution < -0.4 is 0 Å². The average molecular weight is 448 g/mol. The molecule has 0 amide bonds. The van der Waals surface area contributed by atoms with Crippen LogP contribution in [0.1, 0.15) is 58.2 Å². The molecule has 1 N–H and O–H groups in total. The Morgan fingerprint density at radius 1 is 0.906 bits per heavy atom. The molecule has 0 spiro atoms. The lowest BCUT2D eigenvalue weighted by molar-refractivity contribution is 0.423. The maximum atomic E-state index is 13.5. The van der Waals surface area contributed by atoms with Crippen molar-refractivity contribution in [3.05, 3.63) is 76.2 Å². The number of benzene rings is 3. The number of allylic oxidation sites excluding steroid dienone is 1. The lowest BCUT2D eigenvalue weighted by Gasteiger charge is -2.28. The van der Waals surface area contributed by atoms with E-state index in [1.165, 1.54) is 12.1 Å². The molecule has 32 heavy (non-hydrogen) atoms. The van der Waals surface area contributed by atoms with Crippen molar-refractivity contribution in [1.29, 1.82) is 5.26 Å². The number of hydrogen-bond donors (Lipinski definition) is 1. The zero-order valence-electron chi connectivity index (χ0n) is 19.4. The van der Waals surface area contributed by atoms with Crippen LogP contribution in [-0.4, -0.2) is 13.5 Å². The molecule has 0 unspecified atom stereocenters. The number of aromatic hydroxyl groups is 1. The molecule has 0 aliphatic rings. The number of hydrogen-bond acceptors (Lipinski definition) is 4. The van der Waals surface area contributed by atoms with Gasteiger partial charge in [0.25, 0.3) is 0 Å². The second-order valence-corrected chi connectivity index (χ2v) is 12.0. The average Bonchev–Trinajstić information content (AvgIpc) is 2.70. The number of nitrogens with zero attached hydrogens (tertiary/aromatic N) is 1. The molecule has 0 atom stereocenters. The summed E-state index contributed by atoms with van der Waals surface area (Å²) in [5.74, 6) is 0.206. The second kappa shape index (κ2) is 8.11. The van der Waals surface area contributed by atoms with Gasteiger partial charge in [0, 0.05) is 16.5 Å². The van der Waals surface area contributed by atoms with E-state index in [1.807, 2.05) is 65.8 Å². The van der Waals surface area contributed by atoms with Gasteiger partial charge in [-0.3, -0.25) is 0 Å². The fourth-order valence-electron chi connectivity index (χ4n) is 3.75. The molecule has 0 aromatic heterocycles. The summed E-state index contributed by atoms with van der Waals surface area (Å²) in [5.41, 5.74) is 1.25. The molecule has 0 saturated carbocycles. The van der Waals surface area contributed by atoms with Gasteiger partial charge in [0.05, 0.1) is 4.90 Å². The van der Waals surface area contributed by atoms with Crippen LogP contribution in [0.25, 0.3) is 16.8 Å². The van der Waals surface area contributed by atoms with E-state index in [0.717, 1.165) is 5.39 Å². The Morgan fingerprint density at radius 3 is 1.97 bits per heavy atom. The monoisotopic (exact) mass is 447 g/mol. The van der Waals surface area contributed by atoms with Gasteiger partial charge in [-0.2, -0.15) is 5.26 Å². The zero-order valence-corrected chi connectivity index (χ0v) is 20.2. The SMILES string of the molecule is CC(C)(C)c1cc(/C=C(\C#N)S(=O)(=O)c2cccc3ccccc23)cc(C(C)(C)C)c1O. The molecule has 0 radical (unpaired) electrons. The summed E-state index contributed by atoms with van der Waals surface area (Å²) >= 11 is 0. The molecule has 0 aliphatic carbocycles. The first-order valence-electron chi connectivity index (χ1n) is 10.5. The van der Waals surface area contributed by atoms with Crippen molar-refractivity contribution in [3.8, 4) is 11.8 Å². The van der Waals surface area contributed by atoms with Crippen LogP contribution in [0.4, 0.5) is 0 Å². The van der Waals surface area contributed by atoms with Crippen molar-refractivity contribution in [2.75, 3.05) is 0 Å². The van der Waals surface area contributed by atoms with Gasteiger partial charge >= 0.3 is 0 Å². The van der Waals surface area contributed by atoms with Crippen molar-refractivity contribution in [3.63, 3.8) is 0 Å². The predicted molar refractivity (Wildman–Crippen MR) is 130 cm³/mol. The molecule has 0 saturated heterocycles. The van der Waals surface area contributed by atoms with E-state index in [9.17, 15) is 18.8 Å². The molecule has 3 rings (SSSR count). The molecular formula is C27H29NO3S. The lowest BCUT2D eigenvalue weighted by Crippen LogP contribution is -2.17. The minimum absolute atomic E-state index is 0.106. The lowest BCUT2D eigenvalue weighted by atomic mass is 9.78. The molecule has 3 aromatic rings. The van der Waals surface area contributed by atoms with Crippen molar-refractivity contribution in [1.82, 2.24) is 0 Å². The van der Waals surface area contributed by atoms with Crippen LogP contribution in [-0.2, 0) is 20.7 Å². The van der Waals surface area contributed by atoms with Crippen molar-refractivity contribution in [2.24, 2.45) is 0 Å². The number of phenols is 1. The molecule has 4 nitrogen and oxygen atoms in total. The topological polar surface area (TPSA) is 78.2 Å². The summed E-state index contributed by atoms with van der Waals surface area (Å²) in [6, 6.07) is 17.7. The summed E-state index contributed by atoms with van der Waals surface area (Å²) in [7, 11) is -4.05. The highest BCUT2D eigenvalue weighted by atomic mass is 32.2. The minimum Gasteiger partial charge on any atom is -0.507 e. The number of phenolic OH excluding ortho intramolecular Hbond substituents is 1. The third kappa shape index (κ3) is 4.42. The molecule has 0 fully saturated rings. The van der Waals surface area contributed by atoms with E-state index in [0.29, 0.717) is 22.1 Å². The van der Waals surface area contributed by atoms with Crippen molar-refractivity contribution in [2.45, 2.75) is 57.3 Å². The molecule has 166 valence electrons. The van der Waals surface area contributed by atoms with Crippen LogP contribution in [0, 0.1) is 11.3 Å². The van der Waals surface area contributed by atoms with Gasteiger partial charge in [-0.1, -0.05) is 77.9 Å². The Kier molecular flexibility index (Phi) is 5.97. The molecule has 3 aromatic carbocycles. The van der Waals surface area contributed by atoms with Crippen LogP contribution in [0.5, 0.6) is 5.75 Å². The van der Waals surface area contributed by atoms with Gasteiger partial charge < -0.3 is 5.11 Å². The molecule has 0 bridgehead atoms. The number of nitriles is 1. The summed E-state index contributed by atoms with van der Waals surface area (Å²) < 4.78 is 26.9. The Balaban J connectivity index is 2.27. The third-order valence-corrected chi connectivity index (χ3v) is 7.21. The Labute approximate surface area is 190 Å². The highest BCUT2D eigenvalue weighted by Crippen LogP contribution is 2.40. The van der Waals surface area contributed by atoms with Gasteiger partial charge in [-0.25, -0.2) is 8.42 Å². The van der Waals surface area contributed by atoms with E-state index in [1.54, 1.807) is 30.3 Å². The Bertz CT molecular complexity index is 1320. The highest BCUT2D eigenvalue weighted by Gasteiger charge is 2.28. The van der Waals surface area contributed by atoms with Crippen LogP contribution in [0.2, 0.25) is 0 Å². The van der Waals surface area contributed by atoms with Crippen LogP contribution in [0.15, 0.2) is 64.4 Å². The standard InChI is InChI=1S/C27H29NO3S/c1-26(2,3)22-15-18(16-23(25(22)29)27(4,5)6)14-20(17-28)32(30,31)24-13-9-11-19-10-7-8-12-21(19)24/h7-16,29H,1-6H3/b20-14+. The molecular weight excluding hydrogens is 418 g/mol. The molecule has 0 aliphatic heterocycles. The summed E-state index contributed by atoms with van der Waals surface area (Å²) in [5, 5.41) is 22.1. The Morgan fingerprint density at radius 2 is 1.44 bits per heavy atom. The molecule has 0 heterocycles. The predicted octanol–water partition coefficient (Wildman–Crippen LogP) is 6.48. The van der Waals surface area contributed by atoms with Gasteiger partial charge in [0.1, 0.15) is 16.7 Å². The van der Waals surface area contributed by atoms with E-state index in [2.05, 4.69) is 0 Å². The maximum absolute atomic E-state index is 13.5. The zero-order chi connectivity index (χ0) is 23.9. The summed E-state index contributed by atoms with van der Waals surface area (Å²) in [6.45, 7) is 11.9. The fraction of sp³-hybridized carbons (Fsp3) is 0.296. The minimum atomic E-state index is -4.05. The Hall–Kier alpha value is -3.10. The van der Waals surface area contributed by atoms with Crippen LogP contribution in [0.3, 0.4) is 0 Å². The first-order valence-corrected chi connectivity index (χ1v) is 12.0. The third-order valence-electron chi connectivity index (χ3n) is 5.48. The second-order valence-electron chi connectivity index (χ2n) is 10.1. The van der Waals surface area contributed by atoms with Gasteiger partial charge in [-0.05, 0) is 46.1 Å². The van der Waals surface area contributed by atoms with Gasteiger partial charge in [0.15, 0.2) is 0 Å². The summed E-state index contributed by atoms with van der Waals surface area (Å²) in [4.78, 5) is -0.228. The number of rotatable bonds is 3.